The van der Waals surface area contributed by atoms with Crippen LogP contribution in [0.25, 0.3) is 0 Å². The molecule has 0 aromatic carbocycles. The highest BCUT2D eigenvalue weighted by Crippen LogP contribution is 2.32. The van der Waals surface area contributed by atoms with Crippen LogP contribution in [0.2, 0.25) is 0 Å². The van der Waals surface area contributed by atoms with E-state index in [-0.39, 0.29) is 0 Å². The Kier molecular flexibility index (Phi) is 5.47. The van der Waals surface area contributed by atoms with Crippen LogP contribution in [0.3, 0.4) is 0 Å². The van der Waals surface area contributed by atoms with Gasteiger partial charge in [0.15, 0.2) is 0 Å². The molecule has 17 heavy (non-hydrogen) atoms. The van der Waals surface area contributed by atoms with Crippen molar-refractivity contribution in [3.63, 3.8) is 0 Å². The standard InChI is InChI=1S/C13H28N2OSi/c1-11(14-10-16-17)15(12-6-2-3-7-12)13-8-4-5-9-13/h11-14H,2-10H2,1,17H3. The summed E-state index contributed by atoms with van der Waals surface area (Å²) in [5.74, 6) is 0. The largest absolute Gasteiger partial charge is 0.415 e. The monoisotopic (exact) mass is 256 g/mol. The fourth-order valence-corrected chi connectivity index (χ4v) is 3.81. The summed E-state index contributed by atoms with van der Waals surface area (Å²) >= 11 is 0. The van der Waals surface area contributed by atoms with Crippen molar-refractivity contribution in [2.24, 2.45) is 0 Å². The summed E-state index contributed by atoms with van der Waals surface area (Å²) in [5, 5.41) is 3.52. The topological polar surface area (TPSA) is 24.5 Å². The van der Waals surface area contributed by atoms with Crippen LogP contribution < -0.4 is 5.32 Å². The Morgan fingerprint density at radius 3 is 2.00 bits per heavy atom. The summed E-state index contributed by atoms with van der Waals surface area (Å²) in [6.07, 6.45) is 11.8. The van der Waals surface area contributed by atoms with Crippen molar-refractivity contribution in [3.8, 4) is 0 Å². The van der Waals surface area contributed by atoms with Crippen LogP contribution in [-0.2, 0) is 4.43 Å². The van der Waals surface area contributed by atoms with Crippen LogP contribution in [0, 0.1) is 0 Å². The maximum Gasteiger partial charge on any atom is 0.147 e. The van der Waals surface area contributed by atoms with Gasteiger partial charge in [0, 0.05) is 12.1 Å². The molecule has 2 rings (SSSR count). The Balaban J connectivity index is 1.94. The second-order valence-corrected chi connectivity index (χ2v) is 6.21. The van der Waals surface area contributed by atoms with Crippen molar-refractivity contribution in [2.45, 2.75) is 76.5 Å². The number of hydrogen-bond donors (Lipinski definition) is 1. The van der Waals surface area contributed by atoms with Crippen molar-refractivity contribution < 1.29 is 4.43 Å². The van der Waals surface area contributed by atoms with Crippen LogP contribution in [0.15, 0.2) is 0 Å². The molecule has 100 valence electrons. The van der Waals surface area contributed by atoms with E-state index in [4.69, 9.17) is 4.43 Å². The van der Waals surface area contributed by atoms with Gasteiger partial charge >= 0.3 is 0 Å². The summed E-state index contributed by atoms with van der Waals surface area (Å²) in [6, 6.07) is 1.66. The molecule has 0 amide bonds. The van der Waals surface area contributed by atoms with E-state index in [2.05, 4.69) is 17.1 Å². The molecule has 2 fully saturated rings. The van der Waals surface area contributed by atoms with Crippen LogP contribution >= 0.6 is 0 Å². The zero-order chi connectivity index (χ0) is 12.1. The van der Waals surface area contributed by atoms with E-state index in [1.165, 1.54) is 51.4 Å². The van der Waals surface area contributed by atoms with Gasteiger partial charge in [-0.15, -0.1) is 0 Å². The Labute approximate surface area is 109 Å². The molecule has 0 heterocycles. The predicted octanol–water partition coefficient (Wildman–Crippen LogP) is 1.36. The van der Waals surface area contributed by atoms with Crippen molar-refractivity contribution in [1.82, 2.24) is 10.2 Å². The van der Waals surface area contributed by atoms with Crippen LogP contribution in [0.5, 0.6) is 0 Å². The number of rotatable bonds is 6. The highest BCUT2D eigenvalue weighted by molar-refractivity contribution is 5.97. The van der Waals surface area contributed by atoms with Gasteiger partial charge in [0.25, 0.3) is 0 Å². The summed E-state index contributed by atoms with van der Waals surface area (Å²) in [5.41, 5.74) is 0. The molecule has 2 aliphatic rings. The molecule has 0 aromatic heterocycles. The van der Waals surface area contributed by atoms with Crippen molar-refractivity contribution in [3.05, 3.63) is 0 Å². The third-order valence-corrected chi connectivity index (χ3v) is 4.75. The molecule has 0 saturated heterocycles. The Hall–Kier alpha value is 0.0969. The molecule has 0 spiro atoms. The van der Waals surface area contributed by atoms with Crippen LogP contribution in [-0.4, -0.2) is 40.4 Å². The molecule has 3 nitrogen and oxygen atoms in total. The highest BCUT2D eigenvalue weighted by Gasteiger charge is 2.33. The summed E-state index contributed by atoms with van der Waals surface area (Å²) < 4.78 is 5.29. The maximum absolute atomic E-state index is 5.29. The van der Waals surface area contributed by atoms with E-state index in [0.29, 0.717) is 6.17 Å². The maximum atomic E-state index is 5.29. The minimum Gasteiger partial charge on any atom is -0.415 e. The smallest absolute Gasteiger partial charge is 0.147 e. The van der Waals surface area contributed by atoms with Gasteiger partial charge in [-0.2, -0.15) is 0 Å². The van der Waals surface area contributed by atoms with E-state index in [9.17, 15) is 0 Å². The molecule has 4 heteroatoms. The first-order valence-corrected chi connectivity index (χ1v) is 8.14. The van der Waals surface area contributed by atoms with Crippen molar-refractivity contribution >= 4 is 10.5 Å². The normalized spacial score (nSPS) is 25.1. The summed E-state index contributed by atoms with van der Waals surface area (Å²) in [7, 11) is 0.830. The van der Waals surface area contributed by atoms with Crippen molar-refractivity contribution in [2.75, 3.05) is 6.73 Å². The molecule has 0 bridgehead atoms. The van der Waals surface area contributed by atoms with E-state index in [1.54, 1.807) is 0 Å². The minimum atomic E-state index is 0.482. The SMILES string of the molecule is CC(NCO[SiH3])N(C1CCCC1)C1CCCC1. The molecule has 0 aliphatic heterocycles. The first kappa shape index (κ1) is 13.5. The molecule has 1 unspecified atom stereocenters. The van der Waals surface area contributed by atoms with Gasteiger partial charge in [-0.3, -0.25) is 10.2 Å². The average molecular weight is 256 g/mol. The number of hydrogen-bond acceptors (Lipinski definition) is 3. The molecule has 2 aliphatic carbocycles. The molecular weight excluding hydrogens is 228 g/mol. The van der Waals surface area contributed by atoms with Crippen LogP contribution in [0.1, 0.15) is 58.3 Å². The fraction of sp³-hybridized carbons (Fsp3) is 1.00. The van der Waals surface area contributed by atoms with Crippen LogP contribution in [0.4, 0.5) is 0 Å². The lowest BCUT2D eigenvalue weighted by Crippen LogP contribution is -2.53. The average Bonchev–Trinajstić information content (AvgIpc) is 2.99. The number of nitrogens with one attached hydrogen (secondary N) is 1. The van der Waals surface area contributed by atoms with Gasteiger partial charge in [-0.05, 0) is 32.6 Å². The molecule has 2 saturated carbocycles. The second-order valence-electron chi connectivity index (χ2n) is 5.64. The second kappa shape index (κ2) is 6.88. The van der Waals surface area contributed by atoms with Gasteiger partial charge in [-0.25, -0.2) is 0 Å². The van der Waals surface area contributed by atoms with Gasteiger partial charge in [0.05, 0.1) is 12.9 Å². The molecule has 1 atom stereocenters. The molecule has 0 radical (unpaired) electrons. The first-order valence-electron chi connectivity index (χ1n) is 7.32. The zero-order valence-corrected chi connectivity index (χ0v) is 13.5. The Morgan fingerprint density at radius 2 is 1.59 bits per heavy atom. The number of nitrogens with zero attached hydrogens (tertiary/aromatic N) is 1. The Morgan fingerprint density at radius 1 is 1.12 bits per heavy atom. The lowest BCUT2D eigenvalue weighted by molar-refractivity contribution is 0.0597. The van der Waals surface area contributed by atoms with Crippen molar-refractivity contribution in [1.29, 1.82) is 0 Å². The highest BCUT2D eigenvalue weighted by atomic mass is 28.2. The van der Waals surface area contributed by atoms with E-state index in [1.807, 2.05) is 0 Å². The van der Waals surface area contributed by atoms with Gasteiger partial charge in [0.1, 0.15) is 10.5 Å². The van der Waals surface area contributed by atoms with Gasteiger partial charge in [0.2, 0.25) is 0 Å². The summed E-state index contributed by atoms with van der Waals surface area (Å²) in [4.78, 5) is 2.78. The molecular formula is C13H28N2OSi. The van der Waals surface area contributed by atoms with Gasteiger partial charge < -0.3 is 4.43 Å². The van der Waals surface area contributed by atoms with E-state index < -0.39 is 0 Å². The zero-order valence-electron chi connectivity index (χ0n) is 11.5. The Bertz CT molecular complexity index is 199. The fourth-order valence-electron chi connectivity index (χ4n) is 3.64. The molecule has 0 aromatic rings. The summed E-state index contributed by atoms with van der Waals surface area (Å²) in [6.45, 7) is 3.04. The minimum absolute atomic E-state index is 0.482. The van der Waals surface area contributed by atoms with E-state index in [0.717, 1.165) is 29.3 Å². The lowest BCUT2D eigenvalue weighted by Gasteiger charge is -2.39. The third kappa shape index (κ3) is 3.53. The van der Waals surface area contributed by atoms with E-state index >= 15 is 0 Å². The van der Waals surface area contributed by atoms with Gasteiger partial charge in [-0.1, -0.05) is 25.7 Å². The first-order chi connectivity index (χ1) is 8.33. The molecule has 1 N–H and O–H groups in total. The predicted molar refractivity (Wildman–Crippen MR) is 74.8 cm³/mol. The quantitative estimate of drug-likeness (QED) is 0.574. The third-order valence-electron chi connectivity index (χ3n) is 4.46. The lowest BCUT2D eigenvalue weighted by atomic mass is 10.1.